The smallest absolute Gasteiger partial charge is 0.319 e. The molecule has 5 nitrogen and oxygen atoms in total. The Morgan fingerprint density at radius 2 is 1.83 bits per heavy atom. The minimum Gasteiger partial charge on any atom is -0.495 e. The number of benzene rings is 2. The standard InChI is InChI=1S/C18H22N2O3/c1-13-8-10-15(11-9-13)23-12-14(2)19-18(21)20-16-6-4-5-7-17(16)22-3/h4-11,14H,12H2,1-3H3,(H2,19,20,21). The number of hydrogen-bond donors (Lipinski definition) is 2. The molecule has 2 aromatic carbocycles. The second kappa shape index (κ2) is 8.08. The van der Waals surface area contributed by atoms with Gasteiger partial charge >= 0.3 is 6.03 Å². The average Bonchev–Trinajstić information content (AvgIpc) is 2.54. The van der Waals surface area contributed by atoms with Gasteiger partial charge in [-0.3, -0.25) is 0 Å². The molecule has 2 rings (SSSR count). The average molecular weight is 314 g/mol. The third kappa shape index (κ3) is 5.21. The molecule has 1 unspecified atom stereocenters. The summed E-state index contributed by atoms with van der Waals surface area (Å²) < 4.78 is 10.9. The number of ether oxygens (including phenoxy) is 2. The van der Waals surface area contributed by atoms with Gasteiger partial charge in [0.05, 0.1) is 18.8 Å². The molecule has 0 aliphatic heterocycles. The number of nitrogens with one attached hydrogen (secondary N) is 2. The SMILES string of the molecule is COc1ccccc1NC(=O)NC(C)COc1ccc(C)cc1. The highest BCUT2D eigenvalue weighted by molar-refractivity contribution is 5.91. The number of amides is 2. The van der Waals surface area contributed by atoms with Crippen LogP contribution < -0.4 is 20.1 Å². The van der Waals surface area contributed by atoms with E-state index in [9.17, 15) is 4.79 Å². The van der Waals surface area contributed by atoms with Crippen LogP contribution in [0.3, 0.4) is 0 Å². The number of carbonyl (C=O) groups is 1. The summed E-state index contributed by atoms with van der Waals surface area (Å²) in [6.07, 6.45) is 0. The Hall–Kier alpha value is -2.69. The van der Waals surface area contributed by atoms with Gasteiger partial charge < -0.3 is 20.1 Å². The molecule has 0 aliphatic rings. The van der Waals surface area contributed by atoms with E-state index in [1.165, 1.54) is 5.56 Å². The van der Waals surface area contributed by atoms with Gasteiger partial charge in [-0.15, -0.1) is 0 Å². The van der Waals surface area contributed by atoms with Crippen molar-refractivity contribution < 1.29 is 14.3 Å². The first-order chi connectivity index (χ1) is 11.1. The third-order valence-corrected chi connectivity index (χ3v) is 3.25. The molecule has 0 aliphatic carbocycles. The second-order valence-electron chi connectivity index (χ2n) is 5.32. The highest BCUT2D eigenvalue weighted by Gasteiger charge is 2.10. The number of urea groups is 1. The minimum absolute atomic E-state index is 0.133. The fourth-order valence-corrected chi connectivity index (χ4v) is 2.03. The number of carbonyl (C=O) groups excluding carboxylic acids is 1. The number of para-hydroxylation sites is 2. The van der Waals surface area contributed by atoms with E-state index in [0.29, 0.717) is 18.0 Å². The molecular weight excluding hydrogens is 292 g/mol. The molecule has 122 valence electrons. The van der Waals surface area contributed by atoms with E-state index in [0.717, 1.165) is 5.75 Å². The zero-order valence-electron chi connectivity index (χ0n) is 13.6. The van der Waals surface area contributed by atoms with Crippen molar-refractivity contribution in [3.8, 4) is 11.5 Å². The first-order valence-corrected chi connectivity index (χ1v) is 7.48. The molecule has 0 heterocycles. The zero-order valence-corrected chi connectivity index (χ0v) is 13.6. The second-order valence-corrected chi connectivity index (χ2v) is 5.32. The summed E-state index contributed by atoms with van der Waals surface area (Å²) >= 11 is 0. The summed E-state index contributed by atoms with van der Waals surface area (Å²) in [6.45, 7) is 4.30. The summed E-state index contributed by atoms with van der Waals surface area (Å²) in [5, 5.41) is 5.60. The Morgan fingerprint density at radius 3 is 2.52 bits per heavy atom. The van der Waals surface area contributed by atoms with Gasteiger partial charge in [0.15, 0.2) is 0 Å². The predicted octanol–water partition coefficient (Wildman–Crippen LogP) is 3.59. The van der Waals surface area contributed by atoms with E-state index in [1.54, 1.807) is 19.2 Å². The lowest BCUT2D eigenvalue weighted by Gasteiger charge is -2.16. The van der Waals surface area contributed by atoms with Crippen LogP contribution in [0.15, 0.2) is 48.5 Å². The topological polar surface area (TPSA) is 59.6 Å². The van der Waals surface area contributed by atoms with Crippen LogP contribution in [0, 0.1) is 6.92 Å². The summed E-state index contributed by atoms with van der Waals surface area (Å²) in [7, 11) is 1.57. The molecule has 2 amide bonds. The first-order valence-electron chi connectivity index (χ1n) is 7.48. The Balaban J connectivity index is 1.81. The zero-order chi connectivity index (χ0) is 16.7. The lowest BCUT2D eigenvalue weighted by molar-refractivity contribution is 0.236. The van der Waals surface area contributed by atoms with Crippen LogP contribution in [-0.4, -0.2) is 25.8 Å². The van der Waals surface area contributed by atoms with Crippen molar-refractivity contribution in [1.82, 2.24) is 5.32 Å². The first kappa shape index (κ1) is 16.7. The summed E-state index contributed by atoms with van der Waals surface area (Å²) in [5.74, 6) is 1.40. The largest absolute Gasteiger partial charge is 0.495 e. The van der Waals surface area contributed by atoms with Crippen LogP contribution in [0.4, 0.5) is 10.5 Å². The maximum Gasteiger partial charge on any atom is 0.319 e. The van der Waals surface area contributed by atoms with Gasteiger partial charge in [-0.05, 0) is 38.1 Å². The molecule has 23 heavy (non-hydrogen) atoms. The molecule has 0 spiro atoms. The molecular formula is C18H22N2O3. The van der Waals surface area contributed by atoms with Crippen molar-refractivity contribution in [2.45, 2.75) is 19.9 Å². The lowest BCUT2D eigenvalue weighted by Crippen LogP contribution is -2.39. The van der Waals surface area contributed by atoms with Crippen LogP contribution in [0.25, 0.3) is 0 Å². The van der Waals surface area contributed by atoms with Crippen LogP contribution in [-0.2, 0) is 0 Å². The van der Waals surface area contributed by atoms with E-state index in [4.69, 9.17) is 9.47 Å². The van der Waals surface area contributed by atoms with Gasteiger partial charge in [-0.1, -0.05) is 29.8 Å². The minimum atomic E-state index is -0.297. The van der Waals surface area contributed by atoms with E-state index >= 15 is 0 Å². The number of anilines is 1. The molecule has 0 saturated heterocycles. The molecule has 0 fully saturated rings. The molecule has 0 radical (unpaired) electrons. The van der Waals surface area contributed by atoms with Gasteiger partial charge in [-0.2, -0.15) is 0 Å². The number of rotatable bonds is 6. The van der Waals surface area contributed by atoms with Gasteiger partial charge in [0.1, 0.15) is 18.1 Å². The number of hydrogen-bond acceptors (Lipinski definition) is 3. The molecule has 2 aromatic rings. The van der Waals surface area contributed by atoms with Crippen LogP contribution in [0.2, 0.25) is 0 Å². The van der Waals surface area contributed by atoms with E-state index in [1.807, 2.05) is 50.2 Å². The number of aryl methyl sites for hydroxylation is 1. The third-order valence-electron chi connectivity index (χ3n) is 3.25. The fraction of sp³-hybridized carbons (Fsp3) is 0.278. The quantitative estimate of drug-likeness (QED) is 0.856. The van der Waals surface area contributed by atoms with Crippen LogP contribution in [0.1, 0.15) is 12.5 Å². The van der Waals surface area contributed by atoms with Crippen molar-refractivity contribution in [2.24, 2.45) is 0 Å². The molecule has 0 aromatic heterocycles. The molecule has 5 heteroatoms. The molecule has 1 atom stereocenters. The summed E-state index contributed by atoms with van der Waals surface area (Å²) in [6, 6.07) is 14.6. The van der Waals surface area contributed by atoms with E-state index < -0.39 is 0 Å². The molecule has 0 bridgehead atoms. The summed E-state index contributed by atoms with van der Waals surface area (Å²) in [5.41, 5.74) is 1.80. The predicted molar refractivity (Wildman–Crippen MR) is 91.3 cm³/mol. The van der Waals surface area contributed by atoms with Crippen molar-refractivity contribution in [2.75, 3.05) is 19.0 Å². The van der Waals surface area contributed by atoms with Crippen LogP contribution in [0.5, 0.6) is 11.5 Å². The van der Waals surface area contributed by atoms with Gasteiger partial charge in [0.2, 0.25) is 0 Å². The Bertz CT molecular complexity index is 641. The Morgan fingerprint density at radius 1 is 1.13 bits per heavy atom. The van der Waals surface area contributed by atoms with Crippen LogP contribution >= 0.6 is 0 Å². The lowest BCUT2D eigenvalue weighted by atomic mass is 10.2. The van der Waals surface area contributed by atoms with Crippen molar-refractivity contribution in [1.29, 1.82) is 0 Å². The Labute approximate surface area is 136 Å². The molecule has 0 saturated carbocycles. The monoisotopic (exact) mass is 314 g/mol. The van der Waals surface area contributed by atoms with Crippen molar-refractivity contribution >= 4 is 11.7 Å². The maximum absolute atomic E-state index is 12.0. The highest BCUT2D eigenvalue weighted by Crippen LogP contribution is 2.22. The van der Waals surface area contributed by atoms with Gasteiger partial charge in [0, 0.05) is 0 Å². The normalized spacial score (nSPS) is 11.4. The van der Waals surface area contributed by atoms with Gasteiger partial charge in [0.25, 0.3) is 0 Å². The van der Waals surface area contributed by atoms with E-state index in [-0.39, 0.29) is 12.1 Å². The van der Waals surface area contributed by atoms with Crippen molar-refractivity contribution in [3.05, 3.63) is 54.1 Å². The highest BCUT2D eigenvalue weighted by atomic mass is 16.5. The molecule has 2 N–H and O–H groups in total. The maximum atomic E-state index is 12.0. The van der Waals surface area contributed by atoms with E-state index in [2.05, 4.69) is 10.6 Å². The van der Waals surface area contributed by atoms with Gasteiger partial charge in [-0.25, -0.2) is 4.79 Å². The number of methoxy groups -OCH3 is 1. The summed E-state index contributed by atoms with van der Waals surface area (Å²) in [4.78, 5) is 12.0. The Kier molecular flexibility index (Phi) is 5.86. The van der Waals surface area contributed by atoms with Crippen molar-refractivity contribution in [3.63, 3.8) is 0 Å². The fourth-order valence-electron chi connectivity index (χ4n) is 2.03.